The van der Waals surface area contributed by atoms with Crippen molar-refractivity contribution in [2.24, 2.45) is 10.7 Å². The van der Waals surface area contributed by atoms with Gasteiger partial charge in [0.1, 0.15) is 0 Å². The fourth-order valence-corrected chi connectivity index (χ4v) is 0.960. The van der Waals surface area contributed by atoms with Crippen molar-refractivity contribution in [1.82, 2.24) is 10.2 Å². The predicted octanol–water partition coefficient (Wildman–Crippen LogP) is -0.138. The van der Waals surface area contributed by atoms with Crippen LogP contribution in [0.25, 0.3) is 0 Å². The monoisotopic (exact) mass is 240 g/mol. The lowest BCUT2D eigenvalue weighted by molar-refractivity contribution is -0.127. The molecule has 2 amide bonds. The molecule has 0 atom stereocenters. The van der Waals surface area contributed by atoms with Gasteiger partial charge in [0.05, 0.1) is 6.34 Å². The van der Waals surface area contributed by atoms with E-state index >= 15 is 0 Å². The molecule has 0 bridgehead atoms. The zero-order valence-electron chi connectivity index (χ0n) is 10.3. The summed E-state index contributed by atoms with van der Waals surface area (Å²) in [5.41, 5.74) is 4.94. The Morgan fingerprint density at radius 2 is 2.18 bits per heavy atom. The summed E-state index contributed by atoms with van der Waals surface area (Å²) in [4.78, 5) is 27.0. The van der Waals surface area contributed by atoms with Crippen molar-refractivity contribution in [2.75, 3.05) is 20.1 Å². The number of carbonyl (C=O) groups excluding carboxylic acids is 2. The maximum atomic E-state index is 10.9. The lowest BCUT2D eigenvalue weighted by atomic mass is 10.4. The first-order chi connectivity index (χ1) is 8.04. The highest BCUT2D eigenvalue weighted by Gasteiger charge is 1.99. The molecule has 0 fully saturated rings. The van der Waals surface area contributed by atoms with Gasteiger partial charge >= 0.3 is 0 Å². The van der Waals surface area contributed by atoms with Gasteiger partial charge in [-0.3, -0.25) is 14.6 Å². The van der Waals surface area contributed by atoms with Crippen molar-refractivity contribution in [3.8, 4) is 0 Å². The van der Waals surface area contributed by atoms with E-state index in [1.54, 1.807) is 30.6 Å². The third-order valence-corrected chi connectivity index (χ3v) is 2.02. The van der Waals surface area contributed by atoms with E-state index in [9.17, 15) is 9.59 Å². The van der Waals surface area contributed by atoms with Crippen molar-refractivity contribution in [3.05, 3.63) is 12.3 Å². The van der Waals surface area contributed by atoms with Gasteiger partial charge in [0.15, 0.2) is 0 Å². The Hall–Kier alpha value is -1.85. The number of hydrogen-bond donors (Lipinski definition) is 2. The van der Waals surface area contributed by atoms with Crippen LogP contribution in [-0.4, -0.2) is 43.2 Å². The minimum atomic E-state index is -0.368. The Labute approximate surface area is 102 Å². The predicted molar refractivity (Wildman–Crippen MR) is 67.4 cm³/mol. The fraction of sp³-hybridized carbons (Fsp3) is 0.545. The van der Waals surface area contributed by atoms with E-state index in [1.807, 2.05) is 0 Å². The molecule has 0 aliphatic carbocycles. The Balaban J connectivity index is 3.46. The highest BCUT2D eigenvalue weighted by Crippen LogP contribution is 1.88. The van der Waals surface area contributed by atoms with Crippen LogP contribution in [0.15, 0.2) is 17.3 Å². The van der Waals surface area contributed by atoms with Crippen LogP contribution in [0, 0.1) is 0 Å². The topological polar surface area (TPSA) is 87.8 Å². The summed E-state index contributed by atoms with van der Waals surface area (Å²) in [6.45, 7) is 2.88. The number of carbonyl (C=O) groups is 2. The molecular weight excluding hydrogens is 220 g/mol. The molecule has 0 saturated heterocycles. The van der Waals surface area contributed by atoms with Crippen LogP contribution >= 0.6 is 0 Å². The summed E-state index contributed by atoms with van der Waals surface area (Å²) in [5, 5.41) is 2.79. The van der Waals surface area contributed by atoms with Gasteiger partial charge in [0.25, 0.3) is 0 Å². The third-order valence-electron chi connectivity index (χ3n) is 2.02. The quantitative estimate of drug-likeness (QED) is 0.352. The van der Waals surface area contributed by atoms with Crippen LogP contribution in [0.1, 0.15) is 19.8 Å². The molecule has 17 heavy (non-hydrogen) atoms. The molecule has 0 aromatic carbocycles. The van der Waals surface area contributed by atoms with Gasteiger partial charge in [0.2, 0.25) is 11.8 Å². The van der Waals surface area contributed by atoms with Gasteiger partial charge in [-0.15, -0.1) is 0 Å². The molecule has 0 aliphatic heterocycles. The lowest BCUT2D eigenvalue weighted by Gasteiger charge is -2.12. The molecule has 6 nitrogen and oxygen atoms in total. The Morgan fingerprint density at radius 3 is 2.76 bits per heavy atom. The van der Waals surface area contributed by atoms with Gasteiger partial charge in [-0.1, -0.05) is 6.08 Å². The van der Waals surface area contributed by atoms with Gasteiger partial charge < -0.3 is 16.0 Å². The summed E-state index contributed by atoms with van der Waals surface area (Å²) < 4.78 is 0. The number of nitrogens with zero attached hydrogens (tertiary/aromatic N) is 2. The second kappa shape index (κ2) is 9.38. The molecular formula is C11H20N4O2. The molecule has 0 rings (SSSR count). The van der Waals surface area contributed by atoms with E-state index in [2.05, 4.69) is 10.3 Å². The summed E-state index contributed by atoms with van der Waals surface area (Å²) in [7, 11) is 1.76. The van der Waals surface area contributed by atoms with E-state index in [1.165, 1.54) is 6.92 Å². The summed E-state index contributed by atoms with van der Waals surface area (Å²) in [5.74, 6) is -0.311. The standard InChI is InChI=1S/C11H20N4O2/c1-10(16)15(2)8-4-7-14-9-13-6-3-5-11(12)17/h3,6,9H,4-5,7-8H2,1-2H3,(H2,12,17)(H,13,14)/b6-3-. The number of nitrogens with one attached hydrogen (secondary N) is 1. The minimum Gasteiger partial charge on any atom is -0.369 e. The van der Waals surface area contributed by atoms with Gasteiger partial charge in [-0.2, -0.15) is 0 Å². The number of amides is 2. The van der Waals surface area contributed by atoms with E-state index in [0.717, 1.165) is 6.42 Å². The number of aliphatic imine (C=N–C) groups is 1. The number of rotatable bonds is 8. The maximum absolute atomic E-state index is 10.9. The molecule has 6 heteroatoms. The highest BCUT2D eigenvalue weighted by atomic mass is 16.2. The molecule has 0 spiro atoms. The minimum absolute atomic E-state index is 0.0569. The van der Waals surface area contributed by atoms with Crippen LogP contribution < -0.4 is 11.1 Å². The smallest absolute Gasteiger partial charge is 0.221 e. The Morgan fingerprint density at radius 1 is 1.47 bits per heavy atom. The van der Waals surface area contributed by atoms with Crippen LogP contribution in [0.2, 0.25) is 0 Å². The first-order valence-electron chi connectivity index (χ1n) is 5.43. The lowest BCUT2D eigenvalue weighted by Crippen LogP contribution is -2.25. The van der Waals surface area contributed by atoms with Crippen LogP contribution in [0.5, 0.6) is 0 Å². The van der Waals surface area contributed by atoms with Crippen molar-refractivity contribution in [1.29, 1.82) is 0 Å². The number of hydrogen-bond acceptors (Lipinski definition) is 3. The number of nitrogens with two attached hydrogens (primary N) is 1. The number of primary amides is 1. The molecule has 3 N–H and O–H groups in total. The average molecular weight is 240 g/mol. The Kier molecular flexibility index (Phi) is 8.36. The SMILES string of the molecule is CC(=O)N(C)CCCN=CN/C=C\CC(N)=O. The zero-order chi connectivity index (χ0) is 13.1. The normalized spacial score (nSPS) is 10.9. The van der Waals surface area contributed by atoms with Crippen molar-refractivity contribution in [2.45, 2.75) is 19.8 Å². The van der Waals surface area contributed by atoms with Crippen molar-refractivity contribution < 1.29 is 9.59 Å². The summed E-state index contributed by atoms with van der Waals surface area (Å²) in [6.07, 6.45) is 5.81. The molecule has 0 saturated carbocycles. The van der Waals surface area contributed by atoms with Crippen LogP contribution in [-0.2, 0) is 9.59 Å². The maximum Gasteiger partial charge on any atom is 0.221 e. The zero-order valence-corrected chi connectivity index (χ0v) is 10.3. The molecule has 0 aliphatic rings. The van der Waals surface area contributed by atoms with Gasteiger partial charge in [-0.25, -0.2) is 0 Å². The molecule has 0 heterocycles. The van der Waals surface area contributed by atoms with Gasteiger partial charge in [0, 0.05) is 33.5 Å². The Bertz CT molecular complexity index is 300. The largest absolute Gasteiger partial charge is 0.369 e. The first kappa shape index (κ1) is 15.2. The van der Waals surface area contributed by atoms with Crippen LogP contribution in [0.3, 0.4) is 0 Å². The van der Waals surface area contributed by atoms with E-state index in [0.29, 0.717) is 13.1 Å². The van der Waals surface area contributed by atoms with E-state index in [-0.39, 0.29) is 18.2 Å². The highest BCUT2D eigenvalue weighted by molar-refractivity contribution is 5.75. The second-order valence-corrected chi connectivity index (χ2v) is 3.57. The fourth-order valence-electron chi connectivity index (χ4n) is 0.960. The average Bonchev–Trinajstić information content (AvgIpc) is 2.25. The second-order valence-electron chi connectivity index (χ2n) is 3.57. The molecule has 0 aromatic heterocycles. The van der Waals surface area contributed by atoms with Crippen LogP contribution in [0.4, 0.5) is 0 Å². The van der Waals surface area contributed by atoms with Crippen molar-refractivity contribution in [3.63, 3.8) is 0 Å². The molecule has 0 unspecified atom stereocenters. The third kappa shape index (κ3) is 10.4. The van der Waals surface area contributed by atoms with Gasteiger partial charge in [-0.05, 0) is 12.6 Å². The van der Waals surface area contributed by atoms with Crippen molar-refractivity contribution >= 4 is 18.2 Å². The molecule has 0 radical (unpaired) electrons. The molecule has 96 valence electrons. The molecule has 0 aromatic rings. The first-order valence-corrected chi connectivity index (χ1v) is 5.43. The summed E-state index contributed by atoms with van der Waals surface area (Å²) >= 11 is 0. The van der Waals surface area contributed by atoms with E-state index in [4.69, 9.17) is 5.73 Å². The van der Waals surface area contributed by atoms with E-state index < -0.39 is 0 Å². The summed E-state index contributed by atoms with van der Waals surface area (Å²) in [6, 6.07) is 0.